The lowest BCUT2D eigenvalue weighted by Crippen LogP contribution is -2.36. The SMILES string of the molecule is O=C(CCSc1c(=O)o[nH][n+]1-c1ccccc1)Nc1c(F)c(F)c(C(F)(F)F)c(F)c1F. The second-order valence-electron chi connectivity index (χ2n) is 6.11. The monoisotopic (exact) mass is 482 g/mol. The van der Waals surface area contributed by atoms with Crippen LogP contribution in [0.3, 0.4) is 0 Å². The first-order chi connectivity index (χ1) is 15.0. The minimum Gasteiger partial charge on any atom is -0.321 e. The van der Waals surface area contributed by atoms with Crippen LogP contribution in [0.2, 0.25) is 0 Å². The van der Waals surface area contributed by atoms with Gasteiger partial charge in [-0.2, -0.15) is 13.2 Å². The van der Waals surface area contributed by atoms with Gasteiger partial charge >= 0.3 is 16.8 Å². The number of para-hydroxylation sites is 1. The van der Waals surface area contributed by atoms with Crippen LogP contribution in [0, 0.1) is 23.3 Å². The highest BCUT2D eigenvalue weighted by Crippen LogP contribution is 2.38. The summed E-state index contributed by atoms with van der Waals surface area (Å²) in [5.74, 6) is -11.5. The normalized spacial score (nSPS) is 11.6. The molecule has 0 bridgehead atoms. The molecular formula is C18H11F7N3O3S+. The Morgan fingerprint density at radius 3 is 2.19 bits per heavy atom. The fraction of sp³-hybridized carbons (Fsp3) is 0.167. The molecule has 0 unspecified atom stereocenters. The topological polar surface area (TPSA) is 79.0 Å². The van der Waals surface area contributed by atoms with Crippen LogP contribution in [0.25, 0.3) is 5.69 Å². The third kappa shape index (κ3) is 4.64. The minimum absolute atomic E-state index is 0.0213. The van der Waals surface area contributed by atoms with Crippen molar-refractivity contribution in [1.29, 1.82) is 0 Å². The molecule has 0 radical (unpaired) electrons. The number of alkyl halides is 3. The van der Waals surface area contributed by atoms with Crippen LogP contribution in [-0.2, 0) is 11.0 Å². The predicted molar refractivity (Wildman–Crippen MR) is 96.1 cm³/mol. The molecule has 0 aliphatic rings. The van der Waals surface area contributed by atoms with E-state index in [1.54, 1.807) is 30.3 Å². The highest BCUT2D eigenvalue weighted by Gasteiger charge is 2.42. The number of nitrogens with one attached hydrogen (secondary N) is 2. The molecule has 6 nitrogen and oxygen atoms in total. The van der Waals surface area contributed by atoms with E-state index in [0.717, 1.165) is 11.8 Å². The summed E-state index contributed by atoms with van der Waals surface area (Å²) < 4.78 is 98.8. The Balaban J connectivity index is 1.72. The number of H-pyrrole nitrogens is 1. The number of hydrogen-bond acceptors (Lipinski definition) is 4. The quantitative estimate of drug-likeness (QED) is 0.242. The van der Waals surface area contributed by atoms with Gasteiger partial charge in [-0.3, -0.25) is 9.32 Å². The molecule has 0 saturated carbocycles. The van der Waals surface area contributed by atoms with Crippen molar-refractivity contribution in [2.24, 2.45) is 0 Å². The van der Waals surface area contributed by atoms with Crippen molar-refractivity contribution in [2.45, 2.75) is 17.6 Å². The van der Waals surface area contributed by atoms with Crippen LogP contribution < -0.4 is 15.6 Å². The van der Waals surface area contributed by atoms with E-state index in [1.165, 1.54) is 10.00 Å². The third-order valence-electron chi connectivity index (χ3n) is 4.00. The molecule has 170 valence electrons. The second kappa shape index (κ2) is 9.06. The van der Waals surface area contributed by atoms with Gasteiger partial charge in [-0.1, -0.05) is 18.2 Å². The van der Waals surface area contributed by atoms with E-state index >= 15 is 0 Å². The van der Waals surface area contributed by atoms with Crippen LogP contribution in [0.1, 0.15) is 12.0 Å². The predicted octanol–water partition coefficient (Wildman–Crippen LogP) is 3.94. The molecular weight excluding hydrogens is 471 g/mol. The molecule has 0 aliphatic carbocycles. The number of rotatable bonds is 6. The molecule has 1 amide bonds. The van der Waals surface area contributed by atoms with Gasteiger partial charge in [-0.05, 0) is 21.7 Å². The first-order valence-corrected chi connectivity index (χ1v) is 9.55. The first kappa shape index (κ1) is 23.4. The molecule has 0 atom stereocenters. The van der Waals surface area contributed by atoms with Crippen molar-refractivity contribution in [3.63, 3.8) is 0 Å². The van der Waals surface area contributed by atoms with Gasteiger partial charge in [0, 0.05) is 24.3 Å². The second-order valence-corrected chi connectivity index (χ2v) is 7.19. The summed E-state index contributed by atoms with van der Waals surface area (Å²) in [5.41, 5.74) is -4.69. The summed E-state index contributed by atoms with van der Waals surface area (Å²) in [4.78, 5) is 23.8. The Labute approximate surface area is 178 Å². The van der Waals surface area contributed by atoms with Gasteiger partial charge in [0.05, 0.1) is 0 Å². The number of thioether (sulfide) groups is 1. The zero-order valence-corrected chi connectivity index (χ0v) is 16.3. The standard InChI is InChI=1S/C18H10F7N3O3S/c19-11-10(18(23,24)25)12(20)14(22)15(13(11)21)26-9(29)6-7-32-16-17(30)31-27-28(16)8-4-2-1-3-5-8/h1-5H,6-7H2,(H-,26,27,29,30)/p+1. The molecule has 3 aromatic rings. The minimum atomic E-state index is -5.69. The fourth-order valence-corrected chi connectivity index (χ4v) is 3.48. The maximum Gasteiger partial charge on any atom is 0.442 e. The number of hydrogen-bond donors (Lipinski definition) is 2. The van der Waals surface area contributed by atoms with Crippen molar-refractivity contribution in [3.8, 4) is 5.69 Å². The Morgan fingerprint density at radius 1 is 1.03 bits per heavy atom. The molecule has 14 heteroatoms. The van der Waals surface area contributed by atoms with E-state index in [2.05, 4.69) is 9.79 Å². The largest absolute Gasteiger partial charge is 0.442 e. The first-order valence-electron chi connectivity index (χ1n) is 8.57. The van der Waals surface area contributed by atoms with E-state index in [4.69, 9.17) is 0 Å². The van der Waals surface area contributed by atoms with Crippen LogP contribution in [0.5, 0.6) is 0 Å². The summed E-state index contributed by atoms with van der Waals surface area (Å²) in [7, 11) is 0. The van der Waals surface area contributed by atoms with Crippen molar-refractivity contribution in [1.82, 2.24) is 5.27 Å². The molecule has 1 aromatic heterocycles. The highest BCUT2D eigenvalue weighted by molar-refractivity contribution is 7.99. The number of aromatic nitrogens is 2. The van der Waals surface area contributed by atoms with Crippen LogP contribution in [0.15, 0.2) is 44.7 Å². The van der Waals surface area contributed by atoms with Crippen molar-refractivity contribution in [2.75, 3.05) is 11.1 Å². The number of anilines is 1. The number of aromatic amines is 1. The average Bonchev–Trinajstić information content (AvgIpc) is 3.10. The molecule has 2 N–H and O–H groups in total. The molecule has 2 aromatic carbocycles. The number of benzene rings is 2. The Morgan fingerprint density at radius 2 is 1.62 bits per heavy atom. The maximum atomic E-state index is 13.9. The van der Waals surface area contributed by atoms with Crippen molar-refractivity contribution >= 4 is 23.4 Å². The number of carbonyl (C=O) groups is 1. The van der Waals surface area contributed by atoms with Crippen LogP contribution in [0.4, 0.5) is 36.4 Å². The maximum absolute atomic E-state index is 13.9. The number of nitrogens with zero attached hydrogens (tertiary/aromatic N) is 1. The highest BCUT2D eigenvalue weighted by atomic mass is 32.2. The summed E-state index contributed by atoms with van der Waals surface area (Å²) in [6.07, 6.45) is -6.21. The third-order valence-corrected chi connectivity index (χ3v) is 5.03. The number of carbonyl (C=O) groups excluding carboxylic acids is 1. The summed E-state index contributed by atoms with van der Waals surface area (Å²) in [6, 6.07) is 8.37. The van der Waals surface area contributed by atoms with E-state index in [-0.39, 0.29) is 10.8 Å². The lowest BCUT2D eigenvalue weighted by Gasteiger charge is -2.14. The van der Waals surface area contributed by atoms with Crippen LogP contribution in [-0.4, -0.2) is 16.9 Å². The van der Waals surface area contributed by atoms with Gasteiger partial charge in [0.1, 0.15) is 11.3 Å². The Bertz CT molecular complexity index is 1180. The number of amides is 1. The average molecular weight is 482 g/mol. The summed E-state index contributed by atoms with van der Waals surface area (Å²) in [6.45, 7) is 0. The molecule has 3 rings (SSSR count). The lowest BCUT2D eigenvalue weighted by molar-refractivity contribution is -0.704. The van der Waals surface area contributed by atoms with Crippen LogP contribution >= 0.6 is 11.8 Å². The fourth-order valence-electron chi connectivity index (χ4n) is 2.57. The van der Waals surface area contributed by atoms with E-state index < -0.39 is 58.6 Å². The molecule has 0 fully saturated rings. The summed E-state index contributed by atoms with van der Waals surface area (Å²) in [5, 5.41) is 3.88. The smallest absolute Gasteiger partial charge is 0.321 e. The van der Waals surface area contributed by atoms with Crippen molar-refractivity contribution < 1.29 is 44.7 Å². The van der Waals surface area contributed by atoms with Gasteiger partial charge in [-0.25, -0.2) is 22.4 Å². The molecule has 0 spiro atoms. The Kier molecular flexibility index (Phi) is 6.62. The molecule has 0 aliphatic heterocycles. The molecule has 1 heterocycles. The van der Waals surface area contributed by atoms with Gasteiger partial charge in [0.25, 0.3) is 0 Å². The van der Waals surface area contributed by atoms with E-state index in [0.29, 0.717) is 5.69 Å². The molecule has 0 saturated heterocycles. The van der Waals surface area contributed by atoms with Crippen molar-refractivity contribution in [3.05, 3.63) is 69.6 Å². The van der Waals surface area contributed by atoms with E-state index in [1.807, 2.05) is 0 Å². The van der Waals surface area contributed by atoms with Gasteiger partial charge in [0.15, 0.2) is 23.3 Å². The van der Waals surface area contributed by atoms with Gasteiger partial charge in [0.2, 0.25) is 11.6 Å². The lowest BCUT2D eigenvalue weighted by atomic mass is 10.1. The molecule has 32 heavy (non-hydrogen) atoms. The van der Waals surface area contributed by atoms with E-state index in [9.17, 15) is 40.3 Å². The number of halogens is 7. The summed E-state index contributed by atoms with van der Waals surface area (Å²) >= 11 is 0.815. The zero-order chi connectivity index (χ0) is 23.6. The zero-order valence-electron chi connectivity index (χ0n) is 15.5. The Hall–Kier alpha value is -3.29. The van der Waals surface area contributed by atoms with Gasteiger partial charge in [-0.15, -0.1) is 0 Å². The van der Waals surface area contributed by atoms with Gasteiger partial charge < -0.3 is 5.32 Å².